The Balaban J connectivity index is 1.76. The molecule has 0 radical (unpaired) electrons. The molecule has 7 atom stereocenters. The highest BCUT2D eigenvalue weighted by atomic mass is 19.1. The fourth-order valence-electron chi connectivity index (χ4n) is 6.74. The number of piperazine rings is 1. The fraction of sp³-hybridized carbons (Fsp3) is 0.926. The van der Waals surface area contributed by atoms with E-state index in [4.69, 9.17) is 16.2 Å². The van der Waals surface area contributed by atoms with Gasteiger partial charge in [0.25, 0.3) is 0 Å². The van der Waals surface area contributed by atoms with Gasteiger partial charge < -0.3 is 37.1 Å². The van der Waals surface area contributed by atoms with Crippen molar-refractivity contribution < 1.29 is 23.1 Å². The lowest BCUT2D eigenvalue weighted by molar-refractivity contribution is -0.129. The van der Waals surface area contributed by atoms with Gasteiger partial charge in [0.05, 0.1) is 31.3 Å². The van der Waals surface area contributed by atoms with Crippen molar-refractivity contribution in [3.8, 4) is 0 Å². The lowest BCUT2D eigenvalue weighted by Crippen LogP contribution is -2.69. The minimum atomic E-state index is -1.20. The molecule has 3 fully saturated rings. The molecule has 0 saturated carbocycles. The molecular formula is C27H51F2N7O3. The van der Waals surface area contributed by atoms with Crippen molar-refractivity contribution >= 4 is 12.0 Å². The van der Waals surface area contributed by atoms with Crippen molar-refractivity contribution in [3.63, 3.8) is 0 Å². The van der Waals surface area contributed by atoms with E-state index in [0.29, 0.717) is 45.6 Å². The Bertz CT molecular complexity index is 786. The topological polar surface area (TPSA) is 138 Å². The summed E-state index contributed by atoms with van der Waals surface area (Å²) in [5, 5.41) is 9.45. The summed E-state index contributed by atoms with van der Waals surface area (Å²) in [5.41, 5.74) is 12.4. The molecule has 12 heteroatoms. The predicted molar refractivity (Wildman–Crippen MR) is 147 cm³/mol. The van der Waals surface area contributed by atoms with Crippen LogP contribution in [0.5, 0.6) is 0 Å². The van der Waals surface area contributed by atoms with Crippen LogP contribution in [-0.2, 0) is 9.53 Å². The van der Waals surface area contributed by atoms with Crippen LogP contribution in [0, 0.1) is 11.3 Å². The molecule has 0 aromatic rings. The Labute approximate surface area is 232 Å². The molecule has 2 amide bonds. The van der Waals surface area contributed by atoms with Crippen LogP contribution in [0.1, 0.15) is 58.8 Å². The molecule has 3 rings (SSSR count). The maximum absolute atomic E-state index is 15.3. The van der Waals surface area contributed by atoms with E-state index in [1.54, 1.807) is 4.90 Å². The number of hydrogen-bond acceptors (Lipinski definition) is 8. The molecule has 3 aliphatic rings. The number of methoxy groups -OCH3 is 1. The summed E-state index contributed by atoms with van der Waals surface area (Å²) in [4.78, 5) is 29.3. The number of amides is 2. The van der Waals surface area contributed by atoms with Crippen molar-refractivity contribution in [3.05, 3.63) is 0 Å². The van der Waals surface area contributed by atoms with Crippen LogP contribution in [-0.4, -0.2) is 111 Å². The van der Waals surface area contributed by atoms with E-state index >= 15 is 4.39 Å². The Hall–Kier alpha value is -1.60. The number of piperidine rings is 1. The molecule has 7 N–H and O–H groups in total. The molecule has 3 heterocycles. The molecule has 0 bridgehead atoms. The number of unbranched alkanes of at least 4 members (excludes halogenated alkanes) is 1. The standard InChI is InChI=1S/C27H51F2N7O3/c1-4-6-8-27(5-2)9-7-18(28)15-33-20(14-27)22(24(30)31)25(37)34-21-17-32-16-19(29)23(21)35-10-12-36(13-11-35)26(38)39-3/h18-24,32-33H,4-17,30-31H2,1-3H3,(H,34,37). The highest BCUT2D eigenvalue weighted by Gasteiger charge is 2.44. The van der Waals surface area contributed by atoms with Crippen LogP contribution in [0.2, 0.25) is 0 Å². The minimum Gasteiger partial charge on any atom is -0.453 e. The predicted octanol–water partition coefficient (Wildman–Crippen LogP) is 1.09. The third-order valence-electron chi connectivity index (χ3n) is 9.19. The van der Waals surface area contributed by atoms with E-state index in [9.17, 15) is 14.0 Å². The largest absolute Gasteiger partial charge is 0.453 e. The van der Waals surface area contributed by atoms with Crippen molar-refractivity contribution in [2.24, 2.45) is 22.8 Å². The summed E-state index contributed by atoms with van der Waals surface area (Å²) in [5.74, 6) is -1.13. The van der Waals surface area contributed by atoms with E-state index in [1.807, 2.05) is 4.90 Å². The summed E-state index contributed by atoms with van der Waals surface area (Å²) in [6, 6.07) is -1.45. The van der Waals surface area contributed by atoms with Crippen LogP contribution in [0.15, 0.2) is 0 Å². The van der Waals surface area contributed by atoms with Crippen LogP contribution < -0.4 is 27.4 Å². The summed E-state index contributed by atoms with van der Waals surface area (Å²) in [6.07, 6.45) is 2.35. The highest BCUT2D eigenvalue weighted by molar-refractivity contribution is 5.80. The summed E-state index contributed by atoms with van der Waals surface area (Å²) < 4.78 is 34.9. The average molecular weight is 560 g/mol. The van der Waals surface area contributed by atoms with Gasteiger partial charge in [0, 0.05) is 51.9 Å². The van der Waals surface area contributed by atoms with Gasteiger partial charge in [-0.1, -0.05) is 33.1 Å². The van der Waals surface area contributed by atoms with Crippen molar-refractivity contribution in [2.75, 3.05) is 52.9 Å². The molecule has 10 nitrogen and oxygen atoms in total. The number of alkyl halides is 2. The number of carbonyl (C=O) groups is 2. The smallest absolute Gasteiger partial charge is 0.409 e. The monoisotopic (exact) mass is 559 g/mol. The van der Waals surface area contributed by atoms with Gasteiger partial charge in [-0.15, -0.1) is 0 Å². The fourth-order valence-corrected chi connectivity index (χ4v) is 6.74. The first-order valence-corrected chi connectivity index (χ1v) is 14.8. The zero-order valence-corrected chi connectivity index (χ0v) is 24.0. The van der Waals surface area contributed by atoms with Crippen LogP contribution in [0.3, 0.4) is 0 Å². The van der Waals surface area contributed by atoms with Gasteiger partial charge in [-0.2, -0.15) is 0 Å². The number of rotatable bonds is 9. The maximum Gasteiger partial charge on any atom is 0.409 e. The molecule has 3 aliphatic heterocycles. The van der Waals surface area contributed by atoms with Gasteiger partial charge in [0.2, 0.25) is 5.91 Å². The Kier molecular flexibility index (Phi) is 12.2. The number of nitrogens with one attached hydrogen (secondary N) is 3. The third kappa shape index (κ3) is 8.22. The molecule has 0 aromatic heterocycles. The number of nitrogens with zero attached hydrogens (tertiary/aromatic N) is 2. The van der Waals surface area contributed by atoms with Crippen LogP contribution in [0.4, 0.5) is 13.6 Å². The first-order chi connectivity index (χ1) is 18.6. The van der Waals surface area contributed by atoms with E-state index in [0.717, 1.165) is 32.1 Å². The zero-order valence-electron chi connectivity index (χ0n) is 24.0. The van der Waals surface area contributed by atoms with Crippen LogP contribution in [0.25, 0.3) is 0 Å². The Morgan fingerprint density at radius 1 is 1.13 bits per heavy atom. The molecular weight excluding hydrogens is 508 g/mol. The quantitative estimate of drug-likeness (QED) is 0.265. The van der Waals surface area contributed by atoms with Gasteiger partial charge in [-0.25, -0.2) is 13.6 Å². The van der Waals surface area contributed by atoms with Crippen molar-refractivity contribution in [1.29, 1.82) is 0 Å². The number of halogens is 2. The molecule has 7 unspecified atom stereocenters. The second-order valence-corrected chi connectivity index (χ2v) is 11.7. The van der Waals surface area contributed by atoms with E-state index < -0.39 is 42.6 Å². The van der Waals surface area contributed by atoms with E-state index in [1.165, 1.54) is 7.11 Å². The lowest BCUT2D eigenvalue weighted by atomic mass is 9.68. The highest BCUT2D eigenvalue weighted by Crippen LogP contribution is 2.41. The maximum atomic E-state index is 15.3. The van der Waals surface area contributed by atoms with Gasteiger partial charge in [0.15, 0.2) is 0 Å². The van der Waals surface area contributed by atoms with Gasteiger partial charge in [0.1, 0.15) is 12.3 Å². The summed E-state index contributed by atoms with van der Waals surface area (Å²) in [7, 11) is 1.34. The summed E-state index contributed by atoms with van der Waals surface area (Å²) in [6.45, 7) is 6.83. The van der Waals surface area contributed by atoms with Crippen molar-refractivity contribution in [2.45, 2.75) is 95.4 Å². The second-order valence-electron chi connectivity index (χ2n) is 11.7. The molecule has 0 aliphatic carbocycles. The molecule has 3 saturated heterocycles. The second kappa shape index (κ2) is 14.9. The Morgan fingerprint density at radius 2 is 1.85 bits per heavy atom. The molecule has 226 valence electrons. The first-order valence-electron chi connectivity index (χ1n) is 14.8. The summed E-state index contributed by atoms with van der Waals surface area (Å²) >= 11 is 0. The molecule has 39 heavy (non-hydrogen) atoms. The average Bonchev–Trinajstić information content (AvgIpc) is 2.92. The zero-order chi connectivity index (χ0) is 28.6. The van der Waals surface area contributed by atoms with Crippen molar-refractivity contribution in [1.82, 2.24) is 25.8 Å². The number of hydrogen-bond donors (Lipinski definition) is 5. The molecule has 0 aromatic carbocycles. The normalized spacial score (nSPS) is 33.7. The van der Waals surface area contributed by atoms with Crippen LogP contribution >= 0.6 is 0 Å². The number of ether oxygens (including phenoxy) is 1. The SMILES string of the molecule is CCCCC1(CC)CCC(F)CNC(C(C(=O)NC2CNCC(F)C2N2CCN(C(=O)OC)CC2)C(N)N)C1. The molecule has 0 spiro atoms. The number of carbonyl (C=O) groups excluding carboxylic acids is 2. The van der Waals surface area contributed by atoms with E-state index in [2.05, 4.69) is 29.8 Å². The Morgan fingerprint density at radius 3 is 2.46 bits per heavy atom. The number of nitrogens with two attached hydrogens (primary N) is 2. The minimum absolute atomic E-state index is 0.0931. The van der Waals surface area contributed by atoms with Gasteiger partial charge in [-0.3, -0.25) is 9.69 Å². The van der Waals surface area contributed by atoms with Gasteiger partial charge in [-0.05, 0) is 31.1 Å². The van der Waals surface area contributed by atoms with Gasteiger partial charge >= 0.3 is 6.09 Å². The first kappa shape index (κ1) is 31.9. The third-order valence-corrected chi connectivity index (χ3v) is 9.19. The lowest BCUT2D eigenvalue weighted by Gasteiger charge is -2.46. The van der Waals surface area contributed by atoms with E-state index in [-0.39, 0.29) is 30.5 Å².